The number of nitrogens with two attached hydrogens (primary N) is 1. The summed E-state index contributed by atoms with van der Waals surface area (Å²) in [6.45, 7) is 5.60. The molecule has 2 aliphatic heterocycles. The van der Waals surface area contributed by atoms with Crippen LogP contribution in [-0.2, 0) is 14.3 Å². The lowest BCUT2D eigenvalue weighted by atomic mass is 10.1. The zero-order valence-electron chi connectivity index (χ0n) is 10.9. The number of hydrazine groups is 1. The summed E-state index contributed by atoms with van der Waals surface area (Å²) < 4.78 is 11.2. The first-order valence-electron chi connectivity index (χ1n) is 6.72. The summed E-state index contributed by atoms with van der Waals surface area (Å²) in [5.74, 6) is 4.90. The second-order valence-electron chi connectivity index (χ2n) is 4.96. The smallest absolute Gasteiger partial charge is 0.263 e. The number of morpholine rings is 1. The summed E-state index contributed by atoms with van der Waals surface area (Å²) in [7, 11) is 0. The summed E-state index contributed by atoms with van der Waals surface area (Å²) in [6.07, 6.45) is 2.53. The molecule has 2 fully saturated rings. The number of rotatable bonds is 4. The molecule has 104 valence electrons. The summed E-state index contributed by atoms with van der Waals surface area (Å²) in [6, 6.07) is 0.477. The maximum atomic E-state index is 11.4. The van der Waals surface area contributed by atoms with E-state index in [0.29, 0.717) is 6.04 Å². The molecule has 0 saturated carbocycles. The minimum Gasteiger partial charge on any atom is -0.378 e. The van der Waals surface area contributed by atoms with Crippen molar-refractivity contribution in [3.05, 3.63) is 0 Å². The van der Waals surface area contributed by atoms with Crippen molar-refractivity contribution in [1.82, 2.24) is 10.3 Å². The maximum Gasteiger partial charge on any atom is 0.263 e. The van der Waals surface area contributed by atoms with Gasteiger partial charge in [-0.3, -0.25) is 15.1 Å². The van der Waals surface area contributed by atoms with Gasteiger partial charge in [-0.05, 0) is 19.3 Å². The van der Waals surface area contributed by atoms with Crippen LogP contribution >= 0.6 is 0 Å². The second-order valence-corrected chi connectivity index (χ2v) is 4.96. The third kappa shape index (κ3) is 3.20. The van der Waals surface area contributed by atoms with Gasteiger partial charge in [-0.25, -0.2) is 5.84 Å². The van der Waals surface area contributed by atoms with Crippen LogP contribution in [0.2, 0.25) is 0 Å². The van der Waals surface area contributed by atoms with E-state index in [1.165, 1.54) is 0 Å². The van der Waals surface area contributed by atoms with Gasteiger partial charge in [-0.2, -0.15) is 0 Å². The maximum absolute atomic E-state index is 11.4. The van der Waals surface area contributed by atoms with E-state index in [-0.39, 0.29) is 18.1 Å². The molecule has 0 aromatic carbocycles. The Bertz CT molecular complexity index is 288. The highest BCUT2D eigenvalue weighted by atomic mass is 16.5. The lowest BCUT2D eigenvalue weighted by Crippen LogP contribution is -2.48. The van der Waals surface area contributed by atoms with E-state index in [1.807, 2.05) is 0 Å². The summed E-state index contributed by atoms with van der Waals surface area (Å²) >= 11 is 0. The lowest BCUT2D eigenvalue weighted by Gasteiger charge is -2.36. The van der Waals surface area contributed by atoms with Crippen molar-refractivity contribution in [2.24, 2.45) is 5.84 Å². The Hall–Kier alpha value is -0.690. The fourth-order valence-electron chi connectivity index (χ4n) is 2.69. The SMILES string of the molecule is CCC1COCCN1CC1CCC(C(=O)NN)O1. The minimum atomic E-state index is -0.374. The molecule has 2 aliphatic rings. The molecule has 0 aromatic rings. The molecule has 2 heterocycles. The molecule has 0 spiro atoms. The number of nitrogens with zero attached hydrogens (tertiary/aromatic N) is 1. The molecule has 0 aliphatic carbocycles. The Kier molecular flexibility index (Phi) is 4.94. The van der Waals surface area contributed by atoms with Crippen molar-refractivity contribution >= 4 is 5.91 Å². The van der Waals surface area contributed by atoms with Crippen LogP contribution in [0, 0.1) is 0 Å². The van der Waals surface area contributed by atoms with Gasteiger partial charge in [0, 0.05) is 19.1 Å². The van der Waals surface area contributed by atoms with Crippen molar-refractivity contribution in [3.63, 3.8) is 0 Å². The fraction of sp³-hybridized carbons (Fsp3) is 0.917. The quantitative estimate of drug-likeness (QED) is 0.408. The van der Waals surface area contributed by atoms with Crippen LogP contribution < -0.4 is 11.3 Å². The zero-order chi connectivity index (χ0) is 13.0. The molecule has 1 amide bonds. The highest BCUT2D eigenvalue weighted by Crippen LogP contribution is 2.22. The number of amides is 1. The van der Waals surface area contributed by atoms with Crippen LogP contribution in [0.4, 0.5) is 0 Å². The van der Waals surface area contributed by atoms with Crippen LogP contribution in [-0.4, -0.2) is 55.4 Å². The molecule has 2 rings (SSSR count). The third-order valence-corrected chi connectivity index (χ3v) is 3.80. The number of hydrogen-bond acceptors (Lipinski definition) is 5. The molecule has 0 bridgehead atoms. The van der Waals surface area contributed by atoms with Crippen LogP contribution in [0.25, 0.3) is 0 Å². The largest absolute Gasteiger partial charge is 0.378 e. The molecule has 3 N–H and O–H groups in total. The molecule has 3 atom stereocenters. The molecule has 18 heavy (non-hydrogen) atoms. The predicted molar refractivity (Wildman–Crippen MR) is 66.7 cm³/mol. The Labute approximate surface area is 108 Å². The predicted octanol–water partition coefficient (Wildman–Crippen LogP) is -0.365. The molecule has 2 saturated heterocycles. The zero-order valence-corrected chi connectivity index (χ0v) is 10.9. The minimum absolute atomic E-state index is 0.138. The van der Waals surface area contributed by atoms with Gasteiger partial charge in [0.2, 0.25) is 0 Å². The first kappa shape index (κ1) is 13.7. The number of carbonyl (C=O) groups is 1. The van der Waals surface area contributed by atoms with Crippen LogP contribution in [0.3, 0.4) is 0 Å². The van der Waals surface area contributed by atoms with E-state index in [9.17, 15) is 4.79 Å². The highest BCUT2D eigenvalue weighted by Gasteiger charge is 2.33. The van der Waals surface area contributed by atoms with Gasteiger partial charge in [0.1, 0.15) is 6.10 Å². The van der Waals surface area contributed by atoms with E-state index >= 15 is 0 Å². The van der Waals surface area contributed by atoms with Gasteiger partial charge in [-0.1, -0.05) is 6.92 Å². The molecule has 0 radical (unpaired) electrons. The average Bonchev–Trinajstić information content (AvgIpc) is 2.87. The molecular weight excluding hydrogens is 234 g/mol. The van der Waals surface area contributed by atoms with Gasteiger partial charge < -0.3 is 9.47 Å². The van der Waals surface area contributed by atoms with Gasteiger partial charge >= 0.3 is 0 Å². The van der Waals surface area contributed by atoms with E-state index in [1.54, 1.807) is 0 Å². The molecule has 0 aromatic heterocycles. The normalized spacial score (nSPS) is 33.6. The first-order valence-corrected chi connectivity index (χ1v) is 6.72. The summed E-state index contributed by atoms with van der Waals surface area (Å²) in [4.78, 5) is 13.8. The Balaban J connectivity index is 1.81. The van der Waals surface area contributed by atoms with E-state index in [2.05, 4.69) is 17.2 Å². The second kappa shape index (κ2) is 6.47. The Morgan fingerprint density at radius 2 is 2.33 bits per heavy atom. The molecule has 6 heteroatoms. The van der Waals surface area contributed by atoms with E-state index in [0.717, 1.165) is 45.6 Å². The van der Waals surface area contributed by atoms with Crippen LogP contribution in [0.15, 0.2) is 0 Å². The fourth-order valence-corrected chi connectivity index (χ4v) is 2.69. The molecule has 3 unspecified atom stereocenters. The third-order valence-electron chi connectivity index (χ3n) is 3.80. The van der Waals surface area contributed by atoms with Gasteiger partial charge in [0.25, 0.3) is 5.91 Å². The highest BCUT2D eigenvalue weighted by molar-refractivity contribution is 5.80. The number of ether oxygens (including phenoxy) is 2. The van der Waals surface area contributed by atoms with Crippen molar-refractivity contribution in [3.8, 4) is 0 Å². The van der Waals surface area contributed by atoms with Crippen molar-refractivity contribution in [1.29, 1.82) is 0 Å². The van der Waals surface area contributed by atoms with Gasteiger partial charge in [0.05, 0.1) is 19.3 Å². The number of nitrogens with one attached hydrogen (secondary N) is 1. The average molecular weight is 257 g/mol. The lowest BCUT2D eigenvalue weighted by molar-refractivity contribution is -0.133. The first-order chi connectivity index (χ1) is 8.74. The Morgan fingerprint density at radius 3 is 3.06 bits per heavy atom. The van der Waals surface area contributed by atoms with Gasteiger partial charge in [0.15, 0.2) is 0 Å². The van der Waals surface area contributed by atoms with Crippen molar-refractivity contribution < 1.29 is 14.3 Å². The topological polar surface area (TPSA) is 76.8 Å². The number of hydrogen-bond donors (Lipinski definition) is 2. The molecular formula is C12H23N3O3. The van der Waals surface area contributed by atoms with E-state index < -0.39 is 0 Å². The molecule has 6 nitrogen and oxygen atoms in total. The van der Waals surface area contributed by atoms with Gasteiger partial charge in [-0.15, -0.1) is 0 Å². The number of carbonyl (C=O) groups excluding carboxylic acids is 1. The Morgan fingerprint density at radius 1 is 1.50 bits per heavy atom. The van der Waals surface area contributed by atoms with E-state index in [4.69, 9.17) is 15.3 Å². The standard InChI is InChI=1S/C12H23N3O3/c1-2-9-8-17-6-5-15(9)7-10-3-4-11(18-10)12(16)14-13/h9-11H,2-8,13H2,1H3,(H,14,16). The van der Waals surface area contributed by atoms with Crippen LogP contribution in [0.1, 0.15) is 26.2 Å². The summed E-state index contributed by atoms with van der Waals surface area (Å²) in [5.41, 5.74) is 2.15. The van der Waals surface area contributed by atoms with Crippen LogP contribution in [0.5, 0.6) is 0 Å². The monoisotopic (exact) mass is 257 g/mol. The summed E-state index contributed by atoms with van der Waals surface area (Å²) in [5, 5.41) is 0. The van der Waals surface area contributed by atoms with Crippen molar-refractivity contribution in [2.75, 3.05) is 26.3 Å². The van der Waals surface area contributed by atoms with Crippen molar-refractivity contribution in [2.45, 2.75) is 44.4 Å².